The average molecular weight is 482 g/mol. The fourth-order valence-corrected chi connectivity index (χ4v) is 4.72. The predicted molar refractivity (Wildman–Crippen MR) is 113 cm³/mol. The number of aryl methyl sites for hydroxylation is 1. The van der Waals surface area contributed by atoms with E-state index in [1.54, 1.807) is 17.8 Å². The van der Waals surface area contributed by atoms with E-state index in [9.17, 15) is 27.6 Å². The maximum Gasteiger partial charge on any atom is 0.451 e. The van der Waals surface area contributed by atoms with Crippen LogP contribution in [0.2, 0.25) is 0 Å². The number of nitrogens with zero attached hydrogens (tertiary/aromatic N) is 5. The minimum atomic E-state index is -4.64. The summed E-state index contributed by atoms with van der Waals surface area (Å²) in [5, 5.41) is 6.33. The minimum absolute atomic E-state index is 0.119. The largest absolute Gasteiger partial charge is 0.451 e. The lowest BCUT2D eigenvalue weighted by Gasteiger charge is -2.05. The first-order valence-electron chi connectivity index (χ1n) is 8.87. The Morgan fingerprint density at radius 1 is 1.09 bits per heavy atom. The molecule has 0 unspecified atom stereocenters. The quantitative estimate of drug-likeness (QED) is 0.478. The smallest absolute Gasteiger partial charge is 0.302 e. The minimum Gasteiger partial charge on any atom is -0.302 e. The van der Waals surface area contributed by atoms with Gasteiger partial charge in [-0.2, -0.15) is 13.2 Å². The zero-order valence-electron chi connectivity index (χ0n) is 16.4. The highest BCUT2D eigenvalue weighted by Crippen LogP contribution is 2.28. The van der Waals surface area contributed by atoms with Crippen LogP contribution >= 0.6 is 22.7 Å². The molecule has 166 valence electrons. The van der Waals surface area contributed by atoms with Crippen LogP contribution in [0.5, 0.6) is 0 Å². The second-order valence-corrected chi connectivity index (χ2v) is 8.42. The summed E-state index contributed by atoms with van der Waals surface area (Å²) in [5.41, 5.74) is 0.118. The summed E-state index contributed by atoms with van der Waals surface area (Å²) in [6, 6.07) is 0. The van der Waals surface area contributed by atoms with Gasteiger partial charge in [-0.25, -0.2) is 19.7 Å². The summed E-state index contributed by atoms with van der Waals surface area (Å²) in [6.07, 6.45) is -2.74. The van der Waals surface area contributed by atoms with Crippen molar-refractivity contribution in [1.29, 1.82) is 0 Å². The SMILES string of the molecule is Cn1c(=O)c2c(CC(=O)Nc3nc(-c4cnc(C(F)(F)F)nc4)cs3)csc2n(C)c1=O. The lowest BCUT2D eigenvalue weighted by atomic mass is 10.1. The second-order valence-electron chi connectivity index (χ2n) is 6.70. The number of thiophene rings is 1. The number of carbonyl (C=O) groups excluding carboxylic acids is 1. The number of anilines is 1. The van der Waals surface area contributed by atoms with E-state index in [0.29, 0.717) is 21.5 Å². The number of carbonyl (C=O) groups is 1. The normalized spacial score (nSPS) is 11.8. The maximum absolute atomic E-state index is 12.6. The molecule has 0 bridgehead atoms. The molecule has 4 rings (SSSR count). The Hall–Kier alpha value is -3.39. The summed E-state index contributed by atoms with van der Waals surface area (Å²) in [6.45, 7) is 0. The number of nitrogens with one attached hydrogen (secondary N) is 1. The van der Waals surface area contributed by atoms with Gasteiger partial charge in [-0.15, -0.1) is 22.7 Å². The molecule has 32 heavy (non-hydrogen) atoms. The molecule has 0 spiro atoms. The monoisotopic (exact) mass is 482 g/mol. The van der Waals surface area contributed by atoms with E-state index in [0.717, 1.165) is 28.3 Å². The van der Waals surface area contributed by atoms with Crippen molar-refractivity contribution in [3.63, 3.8) is 0 Å². The van der Waals surface area contributed by atoms with Crippen molar-refractivity contribution in [3.05, 3.63) is 55.4 Å². The molecule has 0 aliphatic rings. The van der Waals surface area contributed by atoms with E-state index >= 15 is 0 Å². The van der Waals surface area contributed by atoms with E-state index in [4.69, 9.17) is 0 Å². The van der Waals surface area contributed by atoms with Crippen molar-refractivity contribution in [2.24, 2.45) is 14.1 Å². The van der Waals surface area contributed by atoms with Crippen LogP contribution in [0.1, 0.15) is 11.4 Å². The zero-order chi connectivity index (χ0) is 23.2. The summed E-state index contributed by atoms with van der Waals surface area (Å²) < 4.78 is 40.1. The van der Waals surface area contributed by atoms with Crippen LogP contribution in [0.25, 0.3) is 21.5 Å². The van der Waals surface area contributed by atoms with Crippen molar-refractivity contribution in [2.45, 2.75) is 12.6 Å². The summed E-state index contributed by atoms with van der Waals surface area (Å²) in [4.78, 5) is 48.3. The number of aromatic nitrogens is 5. The molecule has 0 atom stereocenters. The summed E-state index contributed by atoms with van der Waals surface area (Å²) >= 11 is 2.27. The van der Waals surface area contributed by atoms with Crippen molar-refractivity contribution in [3.8, 4) is 11.3 Å². The highest BCUT2D eigenvalue weighted by Gasteiger charge is 2.34. The maximum atomic E-state index is 12.6. The number of rotatable bonds is 4. The van der Waals surface area contributed by atoms with Crippen LogP contribution < -0.4 is 16.6 Å². The fourth-order valence-electron chi connectivity index (χ4n) is 2.96. The molecule has 0 saturated heterocycles. The Morgan fingerprint density at radius 2 is 1.78 bits per heavy atom. The molecule has 1 N–H and O–H groups in total. The molecule has 0 saturated carbocycles. The Balaban J connectivity index is 1.52. The van der Waals surface area contributed by atoms with E-state index in [-0.39, 0.29) is 17.1 Å². The van der Waals surface area contributed by atoms with Gasteiger partial charge in [-0.3, -0.25) is 18.7 Å². The van der Waals surface area contributed by atoms with Gasteiger partial charge in [0.05, 0.1) is 17.5 Å². The first-order chi connectivity index (χ1) is 15.1. The standard InChI is InChI=1S/C18H13F3N6O3S2/c1-26-13(29)12-8(6-31-14(12)27(2)17(26)30)3-11(28)25-16-24-10(7-32-16)9-4-22-15(23-5-9)18(19,20)21/h4-7H,3H2,1-2H3,(H,24,25,28). The second kappa shape index (κ2) is 7.94. The molecule has 0 aromatic carbocycles. The molecule has 0 aliphatic carbocycles. The van der Waals surface area contributed by atoms with Crippen LogP contribution in [0.15, 0.2) is 32.7 Å². The van der Waals surface area contributed by atoms with Gasteiger partial charge < -0.3 is 5.32 Å². The number of thiazole rings is 1. The molecule has 9 nitrogen and oxygen atoms in total. The Labute approximate surface area is 184 Å². The first-order valence-corrected chi connectivity index (χ1v) is 10.6. The van der Waals surface area contributed by atoms with E-state index < -0.39 is 29.2 Å². The van der Waals surface area contributed by atoms with Crippen LogP contribution in [0.4, 0.5) is 18.3 Å². The molecule has 0 radical (unpaired) electrons. The molecule has 4 heterocycles. The van der Waals surface area contributed by atoms with Crippen molar-refractivity contribution >= 4 is 43.9 Å². The van der Waals surface area contributed by atoms with Crippen molar-refractivity contribution in [2.75, 3.05) is 5.32 Å². The first kappa shape index (κ1) is 21.8. The molecule has 14 heteroatoms. The van der Waals surface area contributed by atoms with Crippen LogP contribution in [0, 0.1) is 0 Å². The van der Waals surface area contributed by atoms with Gasteiger partial charge in [0.15, 0.2) is 5.13 Å². The molecule has 0 fully saturated rings. The summed E-state index contributed by atoms with van der Waals surface area (Å²) in [5.74, 6) is -1.69. The third-order valence-electron chi connectivity index (χ3n) is 4.55. The molecular weight excluding hydrogens is 469 g/mol. The highest BCUT2D eigenvalue weighted by atomic mass is 32.1. The third kappa shape index (κ3) is 3.93. The highest BCUT2D eigenvalue weighted by molar-refractivity contribution is 7.17. The van der Waals surface area contributed by atoms with Gasteiger partial charge in [0, 0.05) is 37.4 Å². The van der Waals surface area contributed by atoms with Gasteiger partial charge in [-0.05, 0) is 10.9 Å². The van der Waals surface area contributed by atoms with Crippen LogP contribution in [-0.4, -0.2) is 30.0 Å². The van der Waals surface area contributed by atoms with Gasteiger partial charge >= 0.3 is 11.9 Å². The van der Waals surface area contributed by atoms with Gasteiger partial charge in [0.1, 0.15) is 4.83 Å². The van der Waals surface area contributed by atoms with Crippen molar-refractivity contribution in [1.82, 2.24) is 24.1 Å². The van der Waals surface area contributed by atoms with Gasteiger partial charge in [0.25, 0.3) is 5.56 Å². The van der Waals surface area contributed by atoms with E-state index in [2.05, 4.69) is 20.3 Å². The third-order valence-corrected chi connectivity index (χ3v) is 6.41. The van der Waals surface area contributed by atoms with Gasteiger partial charge in [-0.1, -0.05) is 0 Å². The molecular formula is C18H13F3N6O3S2. The molecule has 1 amide bonds. The number of hydrogen-bond acceptors (Lipinski definition) is 8. The van der Waals surface area contributed by atoms with Crippen LogP contribution in [0.3, 0.4) is 0 Å². The Morgan fingerprint density at radius 3 is 2.44 bits per heavy atom. The Bertz CT molecular complexity index is 1450. The lowest BCUT2D eigenvalue weighted by Crippen LogP contribution is -2.36. The van der Waals surface area contributed by atoms with Crippen LogP contribution in [-0.2, 0) is 31.5 Å². The zero-order valence-corrected chi connectivity index (χ0v) is 18.1. The fraction of sp³-hybridized carbons (Fsp3) is 0.222. The number of halogens is 3. The van der Waals surface area contributed by atoms with E-state index in [1.807, 2.05) is 0 Å². The number of alkyl halides is 3. The van der Waals surface area contributed by atoms with E-state index in [1.165, 1.54) is 23.0 Å². The predicted octanol–water partition coefficient (Wildman–Crippen LogP) is 2.41. The number of fused-ring (bicyclic) bond motifs is 1. The molecule has 0 aliphatic heterocycles. The molecule has 4 aromatic rings. The van der Waals surface area contributed by atoms with Crippen molar-refractivity contribution < 1.29 is 18.0 Å². The average Bonchev–Trinajstić information content (AvgIpc) is 3.37. The Kier molecular flexibility index (Phi) is 5.42. The number of amides is 1. The summed E-state index contributed by atoms with van der Waals surface area (Å²) in [7, 11) is 2.92. The lowest BCUT2D eigenvalue weighted by molar-refractivity contribution is -0.145. The topological polar surface area (TPSA) is 112 Å². The van der Waals surface area contributed by atoms with Gasteiger partial charge in [0.2, 0.25) is 11.7 Å². The number of hydrogen-bond donors (Lipinski definition) is 1. The molecule has 4 aromatic heterocycles.